The van der Waals surface area contributed by atoms with Crippen LogP contribution in [0, 0.1) is 11.8 Å². The summed E-state index contributed by atoms with van der Waals surface area (Å²) in [6.45, 7) is 2.62. The molecule has 3 fully saturated rings. The Bertz CT molecular complexity index is 1040. The second-order valence-corrected chi connectivity index (χ2v) is 9.25. The van der Waals surface area contributed by atoms with Crippen molar-refractivity contribution in [2.24, 2.45) is 38.9 Å². The molecular weight excluding hydrogens is 435 g/mol. The van der Waals surface area contributed by atoms with Crippen molar-refractivity contribution in [1.82, 2.24) is 14.7 Å². The standard InChI is InChI=1S/C21H27N7O.CHF3/c1-12-13(2)26-21-17(14-5-4-6-14)18(21)24-20(25-19(21)23-12)28-7-8-29-16(11-28)15-9-22-27(3)10-15;2-1(3)4/h9-10,14,16-18H,4-8,11H2,1-3H3;1H/t16-,17?,18?,21?;/m0./s1. The summed E-state index contributed by atoms with van der Waals surface area (Å²) in [7, 11) is 1.93. The zero-order chi connectivity index (χ0) is 23.3. The Labute approximate surface area is 190 Å². The van der Waals surface area contributed by atoms with Crippen LogP contribution in [0.1, 0.15) is 44.8 Å². The number of halogens is 3. The van der Waals surface area contributed by atoms with Gasteiger partial charge in [-0.15, -0.1) is 0 Å². The molecule has 6 rings (SSSR count). The van der Waals surface area contributed by atoms with Gasteiger partial charge in [0.25, 0.3) is 0 Å². The number of hydrogen-bond acceptors (Lipinski definition) is 7. The van der Waals surface area contributed by atoms with Crippen LogP contribution in [0.4, 0.5) is 13.2 Å². The average Bonchev–Trinajstić information content (AvgIpc) is 3.11. The number of ether oxygens (including phenoxy) is 1. The molecule has 178 valence electrons. The van der Waals surface area contributed by atoms with Crippen molar-refractivity contribution in [3.8, 4) is 0 Å². The van der Waals surface area contributed by atoms with Gasteiger partial charge in [-0.25, -0.2) is 9.98 Å². The molecule has 1 aromatic rings. The first kappa shape index (κ1) is 22.2. The fourth-order valence-electron chi connectivity index (χ4n) is 5.29. The van der Waals surface area contributed by atoms with Crippen LogP contribution in [0.2, 0.25) is 0 Å². The maximum atomic E-state index is 9.67. The van der Waals surface area contributed by atoms with E-state index < -0.39 is 6.68 Å². The first-order valence-electron chi connectivity index (χ1n) is 11.4. The van der Waals surface area contributed by atoms with E-state index >= 15 is 0 Å². The Kier molecular flexibility index (Phi) is 5.62. The SMILES string of the molecule is CC1=NC2=NC(N3CCO[C@H](c4cnn(C)c4)C3)=NC3C(C4CCC4)C23N=C1C.FC(F)F. The topological polar surface area (TPSA) is 79.7 Å². The molecule has 0 radical (unpaired) electrons. The summed E-state index contributed by atoms with van der Waals surface area (Å²) in [5.41, 5.74) is 2.83. The van der Waals surface area contributed by atoms with Gasteiger partial charge in [-0.1, -0.05) is 6.42 Å². The summed E-state index contributed by atoms with van der Waals surface area (Å²) in [6.07, 6.45) is 7.80. The second-order valence-electron chi connectivity index (χ2n) is 9.25. The van der Waals surface area contributed by atoms with Crippen molar-refractivity contribution in [2.75, 3.05) is 19.7 Å². The predicted molar refractivity (Wildman–Crippen MR) is 119 cm³/mol. The molecule has 2 saturated carbocycles. The fourth-order valence-corrected chi connectivity index (χ4v) is 5.29. The number of hydrogen-bond donors (Lipinski definition) is 0. The van der Waals surface area contributed by atoms with E-state index in [9.17, 15) is 13.2 Å². The monoisotopic (exact) mass is 463 g/mol. The molecule has 0 bridgehead atoms. The van der Waals surface area contributed by atoms with Gasteiger partial charge >= 0.3 is 6.68 Å². The molecule has 5 aliphatic rings. The number of aromatic nitrogens is 2. The third-order valence-corrected chi connectivity index (χ3v) is 7.26. The van der Waals surface area contributed by atoms with Crippen LogP contribution in [0.5, 0.6) is 0 Å². The molecule has 33 heavy (non-hydrogen) atoms. The van der Waals surface area contributed by atoms with Gasteiger partial charge in [-0.05, 0) is 32.6 Å². The van der Waals surface area contributed by atoms with Crippen molar-refractivity contribution in [1.29, 1.82) is 0 Å². The zero-order valence-corrected chi connectivity index (χ0v) is 19.0. The molecule has 11 heteroatoms. The van der Waals surface area contributed by atoms with Crippen LogP contribution in [-0.4, -0.2) is 75.9 Å². The second kappa shape index (κ2) is 8.34. The van der Waals surface area contributed by atoms with E-state index in [1.54, 1.807) is 0 Å². The summed E-state index contributed by atoms with van der Waals surface area (Å²) < 4.78 is 36.8. The largest absolute Gasteiger partial charge is 0.379 e. The predicted octanol–water partition coefficient (Wildman–Crippen LogP) is 3.21. The molecular formula is C22H28F3N7O. The third kappa shape index (κ3) is 3.89. The Hall–Kier alpha value is -2.56. The lowest BCUT2D eigenvalue weighted by molar-refractivity contribution is -0.00741. The average molecular weight is 464 g/mol. The van der Waals surface area contributed by atoms with Gasteiger partial charge in [0, 0.05) is 31.3 Å². The van der Waals surface area contributed by atoms with Crippen LogP contribution < -0.4 is 0 Å². The first-order valence-corrected chi connectivity index (χ1v) is 11.4. The fraction of sp³-hybridized carbons (Fsp3) is 0.682. The Morgan fingerprint density at radius 3 is 2.55 bits per heavy atom. The molecule has 0 aromatic carbocycles. The molecule has 3 aliphatic heterocycles. The maximum Gasteiger partial charge on any atom is 0.379 e. The smallest absolute Gasteiger partial charge is 0.370 e. The third-order valence-electron chi connectivity index (χ3n) is 7.26. The molecule has 4 heterocycles. The van der Waals surface area contributed by atoms with Crippen molar-refractivity contribution in [3.05, 3.63) is 18.0 Å². The molecule has 0 amide bonds. The van der Waals surface area contributed by atoms with Gasteiger partial charge in [-0.2, -0.15) is 23.3 Å². The molecule has 1 saturated heterocycles. The molecule has 4 atom stereocenters. The summed E-state index contributed by atoms with van der Waals surface area (Å²) >= 11 is 0. The number of rotatable bonds is 2. The molecule has 3 unspecified atom stereocenters. The number of guanidine groups is 1. The van der Waals surface area contributed by atoms with Crippen molar-refractivity contribution in [3.63, 3.8) is 0 Å². The minimum absolute atomic E-state index is 0.00877. The number of aliphatic imine (C=N–C) groups is 4. The summed E-state index contributed by atoms with van der Waals surface area (Å²) in [4.78, 5) is 22.4. The van der Waals surface area contributed by atoms with Gasteiger partial charge < -0.3 is 9.64 Å². The van der Waals surface area contributed by atoms with Crippen molar-refractivity contribution >= 4 is 23.2 Å². The maximum absolute atomic E-state index is 9.67. The minimum Gasteiger partial charge on any atom is -0.370 e. The Morgan fingerprint density at radius 1 is 1.15 bits per heavy atom. The summed E-state index contributed by atoms with van der Waals surface area (Å²) in [5.74, 6) is 2.88. The summed E-state index contributed by atoms with van der Waals surface area (Å²) in [5, 5.41) is 4.29. The quantitative estimate of drug-likeness (QED) is 0.676. The number of aryl methyl sites for hydroxylation is 1. The molecule has 8 nitrogen and oxygen atoms in total. The lowest BCUT2D eigenvalue weighted by atomic mass is 9.79. The van der Waals surface area contributed by atoms with E-state index in [4.69, 9.17) is 24.7 Å². The van der Waals surface area contributed by atoms with Crippen LogP contribution in [0.25, 0.3) is 0 Å². The van der Waals surface area contributed by atoms with Gasteiger partial charge in [0.1, 0.15) is 11.6 Å². The van der Waals surface area contributed by atoms with Crippen LogP contribution in [-0.2, 0) is 11.8 Å². The van der Waals surface area contributed by atoms with Crippen LogP contribution >= 0.6 is 0 Å². The highest BCUT2D eigenvalue weighted by atomic mass is 19.4. The van der Waals surface area contributed by atoms with Crippen LogP contribution in [0.15, 0.2) is 32.4 Å². The lowest BCUT2D eigenvalue weighted by Gasteiger charge is -2.34. The van der Waals surface area contributed by atoms with Crippen molar-refractivity contribution in [2.45, 2.75) is 57.5 Å². The summed E-state index contributed by atoms with van der Waals surface area (Å²) in [6, 6.07) is 0.196. The highest BCUT2D eigenvalue weighted by Gasteiger charge is 2.74. The molecule has 1 aromatic heterocycles. The van der Waals surface area contributed by atoms with Gasteiger partial charge in [0.2, 0.25) is 5.96 Å². The van der Waals surface area contributed by atoms with E-state index in [0.29, 0.717) is 18.4 Å². The van der Waals surface area contributed by atoms with Crippen molar-refractivity contribution < 1.29 is 17.9 Å². The van der Waals surface area contributed by atoms with E-state index in [2.05, 4.69) is 16.9 Å². The van der Waals surface area contributed by atoms with Gasteiger partial charge in [0.15, 0.2) is 5.84 Å². The highest BCUT2D eigenvalue weighted by molar-refractivity contribution is 6.44. The zero-order valence-electron chi connectivity index (χ0n) is 19.0. The number of morpholine rings is 1. The number of amidine groups is 1. The van der Waals surface area contributed by atoms with E-state index in [1.165, 1.54) is 19.3 Å². The van der Waals surface area contributed by atoms with Gasteiger partial charge in [-0.3, -0.25) is 9.67 Å². The normalized spacial score (nSPS) is 32.9. The number of alkyl halides is 3. The van der Waals surface area contributed by atoms with Crippen LogP contribution in [0.3, 0.4) is 0 Å². The highest BCUT2D eigenvalue weighted by Crippen LogP contribution is 2.61. The van der Waals surface area contributed by atoms with E-state index in [1.807, 2.05) is 31.0 Å². The molecule has 0 N–H and O–H groups in total. The van der Waals surface area contributed by atoms with E-state index in [-0.39, 0.29) is 17.7 Å². The molecule has 2 aliphatic carbocycles. The first-order chi connectivity index (χ1) is 15.8. The Morgan fingerprint density at radius 2 is 1.91 bits per heavy atom. The number of nitrogens with zero attached hydrogens (tertiary/aromatic N) is 7. The minimum atomic E-state index is -3.67. The Balaban J connectivity index is 0.000000531. The molecule has 1 spiro atoms. The van der Waals surface area contributed by atoms with Gasteiger partial charge in [0.05, 0.1) is 36.8 Å². The lowest BCUT2D eigenvalue weighted by Crippen LogP contribution is -2.45. The van der Waals surface area contributed by atoms with E-state index in [0.717, 1.165) is 41.9 Å².